The molecule has 0 aromatic heterocycles. The van der Waals surface area contributed by atoms with Crippen LogP contribution in [-0.2, 0) is 10.0 Å². The molecule has 1 unspecified atom stereocenters. The molecule has 0 radical (unpaired) electrons. The van der Waals surface area contributed by atoms with Crippen molar-refractivity contribution in [1.29, 1.82) is 0 Å². The fraction of sp³-hybridized carbons (Fsp3) is 0.571. The summed E-state index contributed by atoms with van der Waals surface area (Å²) in [7, 11) is -3.48. The molecule has 0 spiro atoms. The van der Waals surface area contributed by atoms with E-state index in [2.05, 4.69) is 18.6 Å². The molecule has 0 amide bonds. The maximum Gasteiger partial charge on any atom is 0.240 e. The van der Waals surface area contributed by atoms with Gasteiger partial charge in [0.2, 0.25) is 10.0 Å². The van der Waals surface area contributed by atoms with Crippen LogP contribution in [0.3, 0.4) is 0 Å². The molecule has 1 atom stereocenters. The molecule has 20 heavy (non-hydrogen) atoms. The normalized spacial score (nSPS) is 13.4. The topological polar surface area (TPSA) is 75.6 Å². The maximum absolute atomic E-state index is 12.1. The summed E-state index contributed by atoms with van der Waals surface area (Å²) in [6.07, 6.45) is 0. The Morgan fingerprint density at radius 3 is 2.30 bits per heavy atom. The average Bonchev–Trinajstić information content (AvgIpc) is 2.43. The first-order chi connectivity index (χ1) is 9.36. The lowest BCUT2D eigenvalue weighted by molar-refractivity contribution is 0.201. The highest BCUT2D eigenvalue weighted by molar-refractivity contribution is 7.89. The SMILES string of the molecule is CC(C)C(C)CNS(=O)(=O)c1ccc(OCCO)cc1. The van der Waals surface area contributed by atoms with Gasteiger partial charge in [0.15, 0.2) is 0 Å². The Labute approximate surface area is 121 Å². The summed E-state index contributed by atoms with van der Waals surface area (Å²) in [6.45, 7) is 6.67. The second-order valence-corrected chi connectivity index (χ2v) is 6.88. The lowest BCUT2D eigenvalue weighted by Gasteiger charge is -2.16. The molecule has 0 saturated carbocycles. The lowest BCUT2D eigenvalue weighted by atomic mass is 9.99. The molecule has 0 heterocycles. The summed E-state index contributed by atoms with van der Waals surface area (Å²) in [5.74, 6) is 1.23. The molecular weight excluding hydrogens is 278 g/mol. The van der Waals surface area contributed by atoms with Crippen molar-refractivity contribution in [1.82, 2.24) is 4.72 Å². The van der Waals surface area contributed by atoms with Crippen LogP contribution in [0.4, 0.5) is 0 Å². The molecule has 0 aliphatic heterocycles. The van der Waals surface area contributed by atoms with Crippen molar-refractivity contribution in [2.45, 2.75) is 25.7 Å². The molecule has 6 heteroatoms. The molecule has 0 aliphatic rings. The van der Waals surface area contributed by atoms with Crippen LogP contribution in [0.25, 0.3) is 0 Å². The van der Waals surface area contributed by atoms with Crippen molar-refractivity contribution in [3.63, 3.8) is 0 Å². The number of benzene rings is 1. The maximum atomic E-state index is 12.1. The Morgan fingerprint density at radius 1 is 1.20 bits per heavy atom. The number of sulfonamides is 1. The summed E-state index contributed by atoms with van der Waals surface area (Å²) in [6, 6.07) is 6.15. The number of nitrogens with one attached hydrogen (secondary N) is 1. The van der Waals surface area contributed by atoms with Crippen molar-refractivity contribution in [2.24, 2.45) is 11.8 Å². The third kappa shape index (κ3) is 5.11. The van der Waals surface area contributed by atoms with Gasteiger partial charge in [-0.3, -0.25) is 0 Å². The predicted molar refractivity (Wildman–Crippen MR) is 78.2 cm³/mol. The quantitative estimate of drug-likeness (QED) is 0.765. The molecule has 0 fully saturated rings. The van der Waals surface area contributed by atoms with E-state index in [0.717, 1.165) is 0 Å². The highest BCUT2D eigenvalue weighted by Crippen LogP contribution is 2.16. The summed E-state index contributed by atoms with van der Waals surface area (Å²) in [5.41, 5.74) is 0. The Kier molecular flexibility index (Phi) is 6.45. The van der Waals surface area contributed by atoms with E-state index >= 15 is 0 Å². The van der Waals surface area contributed by atoms with Crippen LogP contribution in [0.15, 0.2) is 29.2 Å². The summed E-state index contributed by atoms with van der Waals surface area (Å²) in [5, 5.41) is 8.65. The number of aliphatic hydroxyl groups is 1. The molecule has 1 rings (SSSR count). The molecule has 1 aromatic rings. The first kappa shape index (κ1) is 16.9. The zero-order valence-corrected chi connectivity index (χ0v) is 13.0. The van der Waals surface area contributed by atoms with E-state index in [1.54, 1.807) is 12.1 Å². The number of hydrogen-bond donors (Lipinski definition) is 2. The highest BCUT2D eigenvalue weighted by Gasteiger charge is 2.16. The zero-order valence-electron chi connectivity index (χ0n) is 12.2. The Hall–Kier alpha value is -1.11. The van der Waals surface area contributed by atoms with Crippen LogP contribution in [0.5, 0.6) is 5.75 Å². The minimum atomic E-state index is -3.48. The molecule has 114 valence electrons. The van der Waals surface area contributed by atoms with E-state index in [-0.39, 0.29) is 24.0 Å². The van der Waals surface area contributed by atoms with Gasteiger partial charge in [-0.1, -0.05) is 20.8 Å². The van der Waals surface area contributed by atoms with Gasteiger partial charge in [0.05, 0.1) is 11.5 Å². The number of ether oxygens (including phenoxy) is 1. The van der Waals surface area contributed by atoms with Gasteiger partial charge >= 0.3 is 0 Å². The first-order valence-electron chi connectivity index (χ1n) is 6.70. The van der Waals surface area contributed by atoms with Gasteiger partial charge in [0.1, 0.15) is 12.4 Å². The van der Waals surface area contributed by atoms with E-state index in [0.29, 0.717) is 18.2 Å². The van der Waals surface area contributed by atoms with Gasteiger partial charge in [0, 0.05) is 6.54 Å². The van der Waals surface area contributed by atoms with Crippen LogP contribution in [0.2, 0.25) is 0 Å². The van der Waals surface area contributed by atoms with Gasteiger partial charge in [0.25, 0.3) is 0 Å². The van der Waals surface area contributed by atoms with Gasteiger partial charge < -0.3 is 9.84 Å². The standard InChI is InChI=1S/C14H23NO4S/c1-11(2)12(3)10-15-20(17,18)14-6-4-13(5-7-14)19-9-8-16/h4-7,11-12,15-16H,8-10H2,1-3H3. The third-order valence-corrected chi connectivity index (χ3v) is 4.67. The van der Waals surface area contributed by atoms with Gasteiger partial charge in [-0.15, -0.1) is 0 Å². The largest absolute Gasteiger partial charge is 0.491 e. The van der Waals surface area contributed by atoms with Gasteiger partial charge in [-0.25, -0.2) is 13.1 Å². The lowest BCUT2D eigenvalue weighted by Crippen LogP contribution is -2.30. The molecule has 0 bridgehead atoms. The average molecular weight is 301 g/mol. The fourth-order valence-corrected chi connectivity index (χ4v) is 2.58. The summed E-state index contributed by atoms with van der Waals surface area (Å²) < 4.78 is 32.0. The molecular formula is C14H23NO4S. The molecule has 0 aliphatic carbocycles. The van der Waals surface area contributed by atoms with Crippen molar-refractivity contribution >= 4 is 10.0 Å². The van der Waals surface area contributed by atoms with E-state index < -0.39 is 10.0 Å². The second-order valence-electron chi connectivity index (χ2n) is 5.12. The summed E-state index contributed by atoms with van der Waals surface area (Å²) in [4.78, 5) is 0.213. The monoisotopic (exact) mass is 301 g/mol. The minimum absolute atomic E-state index is 0.0747. The third-order valence-electron chi connectivity index (χ3n) is 3.23. The van der Waals surface area contributed by atoms with Crippen molar-refractivity contribution in [3.8, 4) is 5.75 Å². The van der Waals surface area contributed by atoms with Crippen LogP contribution in [0, 0.1) is 11.8 Å². The van der Waals surface area contributed by atoms with Gasteiger partial charge in [-0.2, -0.15) is 0 Å². The van der Waals surface area contributed by atoms with Crippen LogP contribution in [-0.4, -0.2) is 33.3 Å². The van der Waals surface area contributed by atoms with Crippen molar-refractivity contribution in [3.05, 3.63) is 24.3 Å². The molecule has 5 nitrogen and oxygen atoms in total. The van der Waals surface area contributed by atoms with E-state index in [4.69, 9.17) is 9.84 Å². The van der Waals surface area contributed by atoms with Crippen molar-refractivity contribution in [2.75, 3.05) is 19.8 Å². The Bertz CT molecular complexity index is 496. The second kappa shape index (κ2) is 7.61. The van der Waals surface area contributed by atoms with Crippen LogP contribution >= 0.6 is 0 Å². The van der Waals surface area contributed by atoms with Crippen LogP contribution < -0.4 is 9.46 Å². The van der Waals surface area contributed by atoms with E-state index in [1.165, 1.54) is 12.1 Å². The predicted octanol–water partition coefficient (Wildman–Crippen LogP) is 1.63. The van der Waals surface area contributed by atoms with Crippen molar-refractivity contribution < 1.29 is 18.3 Å². The van der Waals surface area contributed by atoms with E-state index in [1.807, 2.05) is 6.92 Å². The fourth-order valence-electron chi connectivity index (χ4n) is 1.44. The summed E-state index contributed by atoms with van der Waals surface area (Å²) >= 11 is 0. The van der Waals surface area contributed by atoms with Gasteiger partial charge in [-0.05, 0) is 36.1 Å². The molecule has 0 saturated heterocycles. The Balaban J connectivity index is 2.68. The van der Waals surface area contributed by atoms with E-state index in [9.17, 15) is 8.42 Å². The zero-order chi connectivity index (χ0) is 15.2. The first-order valence-corrected chi connectivity index (χ1v) is 8.18. The number of hydrogen-bond acceptors (Lipinski definition) is 4. The molecule has 1 aromatic carbocycles. The smallest absolute Gasteiger partial charge is 0.240 e. The number of aliphatic hydroxyl groups excluding tert-OH is 1. The molecule has 2 N–H and O–H groups in total. The van der Waals surface area contributed by atoms with Crippen LogP contribution in [0.1, 0.15) is 20.8 Å². The Morgan fingerprint density at radius 2 is 1.80 bits per heavy atom. The number of rotatable bonds is 8. The highest BCUT2D eigenvalue weighted by atomic mass is 32.2. The minimum Gasteiger partial charge on any atom is -0.491 e.